The van der Waals surface area contributed by atoms with Crippen LogP contribution in [0.2, 0.25) is 0 Å². The molecule has 0 aliphatic carbocycles. The Labute approximate surface area is 129 Å². The smallest absolute Gasteiger partial charge is 0.230 e. The monoisotopic (exact) mass is 319 g/mol. The number of fused-ring (bicyclic) bond motifs is 1. The Hall–Kier alpha value is -1.86. The summed E-state index contributed by atoms with van der Waals surface area (Å²) < 4.78 is 5.17. The fraction of sp³-hybridized carbons (Fsp3) is 0.214. The number of thioether (sulfide) groups is 1. The number of hydrogen-bond acceptors (Lipinski definition) is 6. The van der Waals surface area contributed by atoms with Crippen molar-refractivity contribution in [2.75, 3.05) is 5.75 Å². The molecule has 0 fully saturated rings. The highest BCUT2D eigenvalue weighted by Crippen LogP contribution is 2.30. The molecule has 0 unspecified atom stereocenters. The minimum Gasteiger partial charge on any atom is -0.467 e. The zero-order chi connectivity index (χ0) is 14.7. The van der Waals surface area contributed by atoms with Gasteiger partial charge in [0, 0.05) is 10.3 Å². The molecule has 0 aliphatic heterocycles. The summed E-state index contributed by atoms with van der Waals surface area (Å²) in [5.74, 6) is 1.02. The molecule has 0 bridgehead atoms. The Morgan fingerprint density at radius 3 is 3.19 bits per heavy atom. The van der Waals surface area contributed by atoms with E-state index in [-0.39, 0.29) is 5.91 Å². The van der Waals surface area contributed by atoms with Gasteiger partial charge in [0.15, 0.2) is 0 Å². The summed E-state index contributed by atoms with van der Waals surface area (Å²) in [6.45, 7) is 2.44. The quantitative estimate of drug-likeness (QED) is 0.578. The van der Waals surface area contributed by atoms with E-state index in [0.717, 1.165) is 21.0 Å². The van der Waals surface area contributed by atoms with Crippen molar-refractivity contribution in [2.45, 2.75) is 18.5 Å². The zero-order valence-corrected chi connectivity index (χ0v) is 13.0. The number of nitrogens with zero attached hydrogens (tertiary/aromatic N) is 2. The lowest BCUT2D eigenvalue weighted by Gasteiger charge is -2.03. The number of carbonyl (C=O) groups excluding carboxylic acids is 1. The van der Waals surface area contributed by atoms with Crippen LogP contribution in [0.25, 0.3) is 10.2 Å². The van der Waals surface area contributed by atoms with E-state index in [2.05, 4.69) is 21.4 Å². The van der Waals surface area contributed by atoms with Gasteiger partial charge >= 0.3 is 0 Å². The highest BCUT2D eigenvalue weighted by atomic mass is 32.2. The maximum atomic E-state index is 11.8. The summed E-state index contributed by atoms with van der Waals surface area (Å²) in [6, 6.07) is 5.69. The molecule has 108 valence electrons. The van der Waals surface area contributed by atoms with Crippen molar-refractivity contribution in [2.24, 2.45) is 0 Å². The van der Waals surface area contributed by atoms with Crippen LogP contribution >= 0.6 is 23.1 Å². The molecule has 3 rings (SSSR count). The van der Waals surface area contributed by atoms with Crippen molar-refractivity contribution >= 4 is 39.2 Å². The van der Waals surface area contributed by atoms with Gasteiger partial charge in [0.1, 0.15) is 21.9 Å². The van der Waals surface area contributed by atoms with Crippen LogP contribution in [0.1, 0.15) is 10.6 Å². The second-order valence-electron chi connectivity index (χ2n) is 4.40. The van der Waals surface area contributed by atoms with Crippen molar-refractivity contribution < 1.29 is 9.21 Å². The fourth-order valence-electron chi connectivity index (χ4n) is 1.85. The zero-order valence-electron chi connectivity index (χ0n) is 11.3. The number of aromatic nitrogens is 2. The molecule has 3 aromatic heterocycles. The average molecular weight is 319 g/mol. The van der Waals surface area contributed by atoms with Crippen molar-refractivity contribution in [3.63, 3.8) is 0 Å². The fourth-order valence-corrected chi connectivity index (χ4v) is 3.57. The van der Waals surface area contributed by atoms with E-state index in [1.54, 1.807) is 30.0 Å². The first kappa shape index (κ1) is 14.1. The first-order chi connectivity index (χ1) is 10.2. The second kappa shape index (κ2) is 6.28. The topological polar surface area (TPSA) is 68.0 Å². The lowest BCUT2D eigenvalue weighted by molar-refractivity contribution is -0.118. The standard InChI is InChI=1S/C14H13N3O2S2/c1-9-5-11-13(16-8-17-14(11)21-9)20-7-12(18)15-6-10-3-2-4-19-10/h2-5,8H,6-7H2,1H3,(H,15,18). The van der Waals surface area contributed by atoms with Gasteiger partial charge in [-0.25, -0.2) is 9.97 Å². The van der Waals surface area contributed by atoms with Gasteiger partial charge in [-0.2, -0.15) is 0 Å². The molecule has 0 spiro atoms. The van der Waals surface area contributed by atoms with Crippen LogP contribution in [0.4, 0.5) is 0 Å². The van der Waals surface area contributed by atoms with E-state index in [0.29, 0.717) is 12.3 Å². The van der Waals surface area contributed by atoms with Gasteiger partial charge in [-0.1, -0.05) is 11.8 Å². The van der Waals surface area contributed by atoms with Gasteiger partial charge in [-0.05, 0) is 25.1 Å². The Morgan fingerprint density at radius 2 is 2.38 bits per heavy atom. The van der Waals surface area contributed by atoms with Crippen LogP contribution in [0.15, 0.2) is 40.2 Å². The molecule has 7 heteroatoms. The normalized spacial score (nSPS) is 10.9. The van der Waals surface area contributed by atoms with E-state index in [4.69, 9.17) is 4.42 Å². The number of carbonyl (C=O) groups is 1. The number of rotatable bonds is 5. The first-order valence-corrected chi connectivity index (χ1v) is 8.15. The lowest BCUT2D eigenvalue weighted by atomic mass is 10.4. The molecule has 1 N–H and O–H groups in total. The molecule has 0 saturated heterocycles. The third-order valence-corrected chi connectivity index (χ3v) is 4.76. The number of thiophene rings is 1. The lowest BCUT2D eigenvalue weighted by Crippen LogP contribution is -2.24. The van der Waals surface area contributed by atoms with Crippen molar-refractivity contribution in [1.29, 1.82) is 0 Å². The maximum absolute atomic E-state index is 11.8. The van der Waals surface area contributed by atoms with E-state index >= 15 is 0 Å². The molecular formula is C14H13N3O2S2. The molecule has 0 atom stereocenters. The van der Waals surface area contributed by atoms with Crippen molar-refractivity contribution in [3.05, 3.63) is 41.4 Å². The molecule has 5 nitrogen and oxygen atoms in total. The third kappa shape index (κ3) is 3.43. The third-order valence-electron chi connectivity index (χ3n) is 2.80. The Balaban J connectivity index is 1.59. The summed E-state index contributed by atoms with van der Waals surface area (Å²) in [6.07, 6.45) is 3.13. The van der Waals surface area contributed by atoms with E-state index in [9.17, 15) is 4.79 Å². The second-order valence-corrected chi connectivity index (χ2v) is 6.60. The summed E-state index contributed by atoms with van der Waals surface area (Å²) in [7, 11) is 0. The molecule has 0 radical (unpaired) electrons. The summed E-state index contributed by atoms with van der Waals surface area (Å²) in [5.41, 5.74) is 0. The molecular weight excluding hydrogens is 306 g/mol. The number of hydrogen-bond donors (Lipinski definition) is 1. The summed E-state index contributed by atoms with van der Waals surface area (Å²) >= 11 is 3.05. The summed E-state index contributed by atoms with van der Waals surface area (Å²) in [5, 5.41) is 4.68. The number of amides is 1. The van der Waals surface area contributed by atoms with Gasteiger partial charge in [-0.3, -0.25) is 4.79 Å². The van der Waals surface area contributed by atoms with Gasteiger partial charge in [0.2, 0.25) is 5.91 Å². The van der Waals surface area contributed by atoms with Gasteiger partial charge < -0.3 is 9.73 Å². The van der Waals surface area contributed by atoms with Crippen LogP contribution in [0, 0.1) is 6.92 Å². The van der Waals surface area contributed by atoms with E-state index < -0.39 is 0 Å². The van der Waals surface area contributed by atoms with Crippen LogP contribution in [-0.4, -0.2) is 21.6 Å². The largest absolute Gasteiger partial charge is 0.467 e. The number of aryl methyl sites for hydroxylation is 1. The van der Waals surface area contributed by atoms with E-state index in [1.165, 1.54) is 16.6 Å². The minimum atomic E-state index is -0.0462. The van der Waals surface area contributed by atoms with Gasteiger partial charge in [-0.15, -0.1) is 11.3 Å². The molecule has 0 aliphatic rings. The Bertz CT molecular complexity index is 753. The average Bonchev–Trinajstić information content (AvgIpc) is 3.10. The van der Waals surface area contributed by atoms with Crippen LogP contribution in [0.5, 0.6) is 0 Å². The molecule has 0 saturated carbocycles. The molecule has 3 heterocycles. The summed E-state index contributed by atoms with van der Waals surface area (Å²) in [4.78, 5) is 22.5. The van der Waals surface area contributed by atoms with Gasteiger partial charge in [0.05, 0.1) is 18.6 Å². The molecule has 0 aromatic carbocycles. The van der Waals surface area contributed by atoms with Crippen LogP contribution in [-0.2, 0) is 11.3 Å². The van der Waals surface area contributed by atoms with E-state index in [1.807, 2.05) is 13.0 Å². The number of nitrogens with one attached hydrogen (secondary N) is 1. The van der Waals surface area contributed by atoms with Crippen molar-refractivity contribution in [1.82, 2.24) is 15.3 Å². The highest BCUT2D eigenvalue weighted by molar-refractivity contribution is 8.00. The number of furan rings is 1. The van der Waals surface area contributed by atoms with Gasteiger partial charge in [0.25, 0.3) is 0 Å². The highest BCUT2D eigenvalue weighted by Gasteiger charge is 2.10. The molecule has 21 heavy (non-hydrogen) atoms. The Morgan fingerprint density at radius 1 is 1.48 bits per heavy atom. The molecule has 3 aromatic rings. The van der Waals surface area contributed by atoms with Crippen molar-refractivity contribution in [3.8, 4) is 0 Å². The van der Waals surface area contributed by atoms with Crippen LogP contribution < -0.4 is 5.32 Å². The maximum Gasteiger partial charge on any atom is 0.230 e. The molecule has 1 amide bonds. The minimum absolute atomic E-state index is 0.0462. The first-order valence-electron chi connectivity index (χ1n) is 6.35. The predicted molar refractivity (Wildman–Crippen MR) is 83.4 cm³/mol. The Kier molecular flexibility index (Phi) is 4.21. The predicted octanol–water partition coefficient (Wildman–Crippen LogP) is 3.00. The van der Waals surface area contributed by atoms with Crippen LogP contribution in [0.3, 0.4) is 0 Å². The SMILES string of the molecule is Cc1cc2c(SCC(=O)NCc3ccco3)ncnc2s1.